The molecule has 0 heterocycles. The molecule has 0 saturated heterocycles. The summed E-state index contributed by atoms with van der Waals surface area (Å²) in [6.45, 7) is 1.80. The van der Waals surface area contributed by atoms with Gasteiger partial charge in [-0.1, -0.05) is 23.7 Å². The highest BCUT2D eigenvalue weighted by atomic mass is 35.5. The zero-order valence-corrected chi connectivity index (χ0v) is 18.3. The summed E-state index contributed by atoms with van der Waals surface area (Å²) in [4.78, 5) is 26.6. The number of nitrogens with one attached hydrogen (secondary N) is 2. The van der Waals surface area contributed by atoms with E-state index >= 15 is 0 Å². The van der Waals surface area contributed by atoms with E-state index in [0.717, 1.165) is 11.3 Å². The molecule has 0 aromatic heterocycles. The Morgan fingerprint density at radius 1 is 0.774 bits per heavy atom. The molecule has 0 aliphatic heterocycles. The number of benzene rings is 3. The van der Waals surface area contributed by atoms with E-state index in [9.17, 15) is 9.59 Å². The summed E-state index contributed by atoms with van der Waals surface area (Å²) in [5, 5.41) is 7.59. The highest BCUT2D eigenvalue weighted by molar-refractivity contribution is 6.30. The van der Waals surface area contributed by atoms with Gasteiger partial charge in [-0.3, -0.25) is 9.59 Å². The Kier molecular flexibility index (Phi) is 7.05. The number of anilines is 2. The second-order valence-electron chi connectivity index (χ2n) is 7.12. The van der Waals surface area contributed by atoms with Crippen LogP contribution in [0.5, 0.6) is 0 Å². The third kappa shape index (κ3) is 5.93. The molecule has 6 nitrogen and oxygen atoms in total. The van der Waals surface area contributed by atoms with Crippen LogP contribution < -0.4 is 15.6 Å². The van der Waals surface area contributed by atoms with E-state index < -0.39 is 0 Å². The maximum atomic E-state index is 12.3. The molecule has 3 rings (SSSR count). The van der Waals surface area contributed by atoms with Gasteiger partial charge in [0.25, 0.3) is 11.8 Å². The van der Waals surface area contributed by atoms with Crippen LogP contribution in [0.2, 0.25) is 5.02 Å². The van der Waals surface area contributed by atoms with Crippen molar-refractivity contribution in [3.63, 3.8) is 0 Å². The summed E-state index contributed by atoms with van der Waals surface area (Å²) in [6.07, 6.45) is 0. The van der Waals surface area contributed by atoms with Crippen molar-refractivity contribution in [2.24, 2.45) is 5.10 Å². The monoisotopic (exact) mass is 434 g/mol. The average Bonchev–Trinajstić information content (AvgIpc) is 2.78. The van der Waals surface area contributed by atoms with E-state index in [-0.39, 0.29) is 11.8 Å². The van der Waals surface area contributed by atoms with Crippen LogP contribution in [0, 0.1) is 0 Å². The molecule has 3 aromatic carbocycles. The Hall–Kier alpha value is -3.64. The van der Waals surface area contributed by atoms with Gasteiger partial charge in [-0.15, -0.1) is 0 Å². The van der Waals surface area contributed by atoms with Crippen molar-refractivity contribution < 1.29 is 9.59 Å². The quantitative estimate of drug-likeness (QED) is 0.431. The van der Waals surface area contributed by atoms with Crippen molar-refractivity contribution in [1.82, 2.24) is 5.43 Å². The van der Waals surface area contributed by atoms with Gasteiger partial charge in [-0.05, 0) is 73.2 Å². The van der Waals surface area contributed by atoms with Gasteiger partial charge in [0.2, 0.25) is 0 Å². The van der Waals surface area contributed by atoms with Gasteiger partial charge in [0.15, 0.2) is 0 Å². The van der Waals surface area contributed by atoms with Crippen LogP contribution in [0.4, 0.5) is 11.4 Å². The largest absolute Gasteiger partial charge is 0.378 e. The van der Waals surface area contributed by atoms with Crippen molar-refractivity contribution >= 4 is 40.5 Å². The standard InChI is InChI=1S/C24H23ClN4O2/c1-16(27-28-24(31)19-8-14-22(15-9-19)29(2)3)17-6-12-21(13-7-17)26-23(30)18-4-10-20(25)11-5-18/h4-15H,1-3H3,(H,26,30)(H,28,31). The molecular formula is C24H23ClN4O2. The van der Waals surface area contributed by atoms with Crippen LogP contribution in [0.1, 0.15) is 33.2 Å². The molecule has 0 aliphatic carbocycles. The predicted octanol–water partition coefficient (Wildman–Crippen LogP) is 4.81. The summed E-state index contributed by atoms with van der Waals surface area (Å²) in [5.41, 5.74) is 6.77. The van der Waals surface area contributed by atoms with E-state index in [0.29, 0.717) is 27.5 Å². The average molecular weight is 435 g/mol. The third-order valence-corrected chi connectivity index (χ3v) is 4.89. The molecule has 31 heavy (non-hydrogen) atoms. The van der Waals surface area contributed by atoms with Gasteiger partial charge in [0.05, 0.1) is 5.71 Å². The Labute approximate surface area is 186 Å². The van der Waals surface area contributed by atoms with Crippen LogP contribution in [-0.4, -0.2) is 31.6 Å². The lowest BCUT2D eigenvalue weighted by atomic mass is 10.1. The molecule has 0 saturated carbocycles. The summed E-state index contributed by atoms with van der Waals surface area (Å²) < 4.78 is 0. The fourth-order valence-corrected chi connectivity index (χ4v) is 2.90. The summed E-state index contributed by atoms with van der Waals surface area (Å²) >= 11 is 5.85. The minimum Gasteiger partial charge on any atom is -0.378 e. The molecule has 2 amide bonds. The summed E-state index contributed by atoms with van der Waals surface area (Å²) in [5.74, 6) is -0.501. The van der Waals surface area contributed by atoms with Gasteiger partial charge >= 0.3 is 0 Å². The van der Waals surface area contributed by atoms with E-state index in [1.54, 1.807) is 55.5 Å². The van der Waals surface area contributed by atoms with E-state index in [2.05, 4.69) is 15.8 Å². The maximum Gasteiger partial charge on any atom is 0.271 e. The highest BCUT2D eigenvalue weighted by Gasteiger charge is 2.08. The van der Waals surface area contributed by atoms with Gasteiger partial charge in [-0.2, -0.15) is 5.10 Å². The molecule has 0 bridgehead atoms. The molecule has 0 radical (unpaired) electrons. The minimum atomic E-state index is -0.281. The Morgan fingerprint density at radius 3 is 1.87 bits per heavy atom. The molecule has 7 heteroatoms. The van der Waals surface area contributed by atoms with E-state index in [1.165, 1.54) is 0 Å². The Balaban J connectivity index is 1.60. The first kappa shape index (κ1) is 22.1. The first-order valence-corrected chi connectivity index (χ1v) is 10.0. The van der Waals surface area contributed by atoms with Crippen molar-refractivity contribution in [2.75, 3.05) is 24.3 Å². The number of hydrogen-bond acceptors (Lipinski definition) is 4. The van der Waals surface area contributed by atoms with Gasteiger partial charge in [0.1, 0.15) is 0 Å². The zero-order valence-electron chi connectivity index (χ0n) is 17.5. The molecule has 0 fully saturated rings. The van der Waals surface area contributed by atoms with Crippen LogP contribution in [0.25, 0.3) is 0 Å². The molecule has 0 spiro atoms. The fraction of sp³-hybridized carbons (Fsp3) is 0.125. The van der Waals surface area contributed by atoms with Crippen LogP contribution in [-0.2, 0) is 0 Å². The number of carbonyl (C=O) groups excluding carboxylic acids is 2. The maximum absolute atomic E-state index is 12.3. The Bertz CT molecular complexity index is 1090. The molecule has 2 N–H and O–H groups in total. The smallest absolute Gasteiger partial charge is 0.271 e. The minimum absolute atomic E-state index is 0.220. The van der Waals surface area contributed by atoms with Gasteiger partial charge < -0.3 is 10.2 Å². The van der Waals surface area contributed by atoms with Crippen LogP contribution in [0.15, 0.2) is 77.9 Å². The number of amides is 2. The summed E-state index contributed by atoms with van der Waals surface area (Å²) in [6, 6.07) is 21.2. The zero-order chi connectivity index (χ0) is 22.4. The van der Waals surface area contributed by atoms with E-state index in [4.69, 9.17) is 11.6 Å². The van der Waals surface area contributed by atoms with Crippen molar-refractivity contribution in [3.05, 3.63) is 94.5 Å². The second-order valence-corrected chi connectivity index (χ2v) is 7.55. The van der Waals surface area contributed by atoms with Crippen molar-refractivity contribution in [3.8, 4) is 0 Å². The molecule has 0 atom stereocenters. The predicted molar refractivity (Wildman–Crippen MR) is 126 cm³/mol. The second kappa shape index (κ2) is 9.91. The summed E-state index contributed by atoms with van der Waals surface area (Å²) in [7, 11) is 3.88. The molecule has 0 unspecified atom stereocenters. The van der Waals surface area contributed by atoms with Crippen LogP contribution in [0.3, 0.4) is 0 Å². The SMILES string of the molecule is CC(=NNC(=O)c1ccc(N(C)C)cc1)c1ccc(NC(=O)c2ccc(Cl)cc2)cc1. The number of hydrazone groups is 1. The topological polar surface area (TPSA) is 73.8 Å². The first-order valence-electron chi connectivity index (χ1n) is 9.63. The lowest BCUT2D eigenvalue weighted by molar-refractivity contribution is 0.0954. The third-order valence-electron chi connectivity index (χ3n) is 4.64. The molecule has 3 aromatic rings. The number of carbonyl (C=O) groups is 2. The number of hydrogen-bond donors (Lipinski definition) is 2. The molecule has 0 aliphatic rings. The molecular weight excluding hydrogens is 412 g/mol. The molecule has 158 valence electrons. The number of rotatable bonds is 6. The van der Waals surface area contributed by atoms with Crippen molar-refractivity contribution in [1.29, 1.82) is 0 Å². The van der Waals surface area contributed by atoms with Crippen LogP contribution >= 0.6 is 11.6 Å². The van der Waals surface area contributed by atoms with Gasteiger partial charge in [0, 0.05) is 41.6 Å². The van der Waals surface area contributed by atoms with E-state index in [1.807, 2.05) is 43.3 Å². The van der Waals surface area contributed by atoms with Crippen molar-refractivity contribution in [2.45, 2.75) is 6.92 Å². The van der Waals surface area contributed by atoms with Gasteiger partial charge in [-0.25, -0.2) is 5.43 Å². The lowest BCUT2D eigenvalue weighted by Gasteiger charge is -2.12. The number of halogens is 1. The first-order chi connectivity index (χ1) is 14.8. The normalized spacial score (nSPS) is 11.0. The fourth-order valence-electron chi connectivity index (χ4n) is 2.77. The highest BCUT2D eigenvalue weighted by Crippen LogP contribution is 2.15. The Morgan fingerprint density at radius 2 is 1.29 bits per heavy atom. The lowest BCUT2D eigenvalue weighted by Crippen LogP contribution is -2.19. The number of nitrogens with zero attached hydrogens (tertiary/aromatic N) is 2.